The van der Waals surface area contributed by atoms with Gasteiger partial charge in [0.25, 0.3) is 0 Å². The number of carbonyl (C=O) groups excluding carboxylic acids is 1. The zero-order valence-electron chi connectivity index (χ0n) is 12.1. The summed E-state index contributed by atoms with van der Waals surface area (Å²) in [5, 5.41) is 9.05. The summed E-state index contributed by atoms with van der Waals surface area (Å²) in [4.78, 5) is 31.0. The molecule has 0 bridgehead atoms. The molecule has 0 unspecified atom stereocenters. The average molecular weight is 297 g/mol. The monoisotopic (exact) mass is 297 g/mol. The van der Waals surface area contributed by atoms with E-state index in [2.05, 4.69) is 4.98 Å². The lowest BCUT2D eigenvalue weighted by Gasteiger charge is -2.18. The summed E-state index contributed by atoms with van der Waals surface area (Å²) >= 11 is 0. The Morgan fingerprint density at radius 1 is 1.18 bits per heavy atom. The number of anilines is 2. The second-order valence-corrected chi connectivity index (χ2v) is 5.14. The van der Waals surface area contributed by atoms with Crippen molar-refractivity contribution in [2.45, 2.75) is 6.92 Å². The van der Waals surface area contributed by atoms with Gasteiger partial charge in [-0.1, -0.05) is 12.1 Å². The largest absolute Gasteiger partial charge is 0.478 e. The lowest BCUT2D eigenvalue weighted by atomic mass is 10.2. The molecule has 1 N–H and O–H groups in total. The number of aryl methyl sites for hydroxylation is 1. The number of amides is 2. The first-order valence-electron chi connectivity index (χ1n) is 6.91. The van der Waals surface area contributed by atoms with E-state index in [0.717, 1.165) is 5.56 Å². The van der Waals surface area contributed by atoms with Crippen molar-refractivity contribution in [3.05, 3.63) is 53.7 Å². The summed E-state index contributed by atoms with van der Waals surface area (Å²) in [6.07, 6.45) is 1.72. The minimum atomic E-state index is -1.01. The quantitative estimate of drug-likeness (QED) is 0.944. The van der Waals surface area contributed by atoms with Gasteiger partial charge in [-0.15, -0.1) is 0 Å². The number of aromatic carboxylic acids is 1. The fourth-order valence-electron chi connectivity index (χ4n) is 2.42. The van der Waals surface area contributed by atoms with Crippen molar-refractivity contribution in [1.29, 1.82) is 0 Å². The van der Waals surface area contributed by atoms with Crippen LogP contribution >= 0.6 is 0 Å². The van der Waals surface area contributed by atoms with Crippen molar-refractivity contribution >= 4 is 23.5 Å². The Hall–Kier alpha value is -2.89. The van der Waals surface area contributed by atoms with E-state index in [1.807, 2.05) is 19.1 Å². The summed E-state index contributed by atoms with van der Waals surface area (Å²) in [5.74, 6) is -0.405. The summed E-state index contributed by atoms with van der Waals surface area (Å²) in [6.45, 7) is 2.95. The number of hydrogen-bond donors (Lipinski definition) is 1. The third-order valence-corrected chi connectivity index (χ3v) is 3.59. The van der Waals surface area contributed by atoms with E-state index >= 15 is 0 Å². The molecule has 0 atom stereocenters. The van der Waals surface area contributed by atoms with Crippen LogP contribution in [0.1, 0.15) is 15.9 Å². The molecule has 1 aliphatic heterocycles. The molecule has 3 rings (SSSR count). The first-order valence-corrected chi connectivity index (χ1v) is 6.91. The molecule has 1 fully saturated rings. The smallest absolute Gasteiger partial charge is 0.335 e. The predicted octanol–water partition coefficient (Wildman–Crippen LogP) is 2.53. The SMILES string of the molecule is Cc1ccc(N2CCN(c3cccc(C(=O)O)c3)C2=O)nc1. The Kier molecular flexibility index (Phi) is 3.50. The van der Waals surface area contributed by atoms with Gasteiger partial charge in [-0.3, -0.25) is 9.80 Å². The molecule has 6 heteroatoms. The van der Waals surface area contributed by atoms with Gasteiger partial charge in [0.15, 0.2) is 0 Å². The van der Waals surface area contributed by atoms with Crippen LogP contribution in [0.25, 0.3) is 0 Å². The fraction of sp³-hybridized carbons (Fsp3) is 0.188. The van der Waals surface area contributed by atoms with E-state index < -0.39 is 5.97 Å². The second kappa shape index (κ2) is 5.48. The molecule has 6 nitrogen and oxygen atoms in total. The zero-order chi connectivity index (χ0) is 15.7. The van der Waals surface area contributed by atoms with Gasteiger partial charge >= 0.3 is 12.0 Å². The number of carboxylic acids is 1. The van der Waals surface area contributed by atoms with Crippen LogP contribution in [0.3, 0.4) is 0 Å². The van der Waals surface area contributed by atoms with Crippen molar-refractivity contribution in [3.63, 3.8) is 0 Å². The number of carboxylic acid groups (broad SMARTS) is 1. The summed E-state index contributed by atoms with van der Waals surface area (Å²) in [6, 6.07) is 9.90. The number of nitrogens with zero attached hydrogens (tertiary/aromatic N) is 3. The highest BCUT2D eigenvalue weighted by Gasteiger charge is 2.31. The van der Waals surface area contributed by atoms with Crippen LogP contribution in [0.5, 0.6) is 0 Å². The van der Waals surface area contributed by atoms with Gasteiger partial charge in [0, 0.05) is 25.0 Å². The van der Waals surface area contributed by atoms with Gasteiger partial charge in [0.05, 0.1) is 5.56 Å². The van der Waals surface area contributed by atoms with E-state index in [4.69, 9.17) is 5.11 Å². The predicted molar refractivity (Wildman–Crippen MR) is 82.5 cm³/mol. The van der Waals surface area contributed by atoms with Crippen molar-refractivity contribution in [2.24, 2.45) is 0 Å². The molecule has 0 aliphatic carbocycles. The third-order valence-electron chi connectivity index (χ3n) is 3.59. The molecular weight excluding hydrogens is 282 g/mol. The lowest BCUT2D eigenvalue weighted by molar-refractivity contribution is 0.0697. The molecule has 0 radical (unpaired) electrons. The number of pyridine rings is 1. The van der Waals surface area contributed by atoms with Crippen LogP contribution in [-0.2, 0) is 0 Å². The Balaban J connectivity index is 1.86. The van der Waals surface area contributed by atoms with Gasteiger partial charge in [-0.25, -0.2) is 14.6 Å². The van der Waals surface area contributed by atoms with Crippen LogP contribution in [0.15, 0.2) is 42.6 Å². The van der Waals surface area contributed by atoms with E-state index in [0.29, 0.717) is 24.6 Å². The molecule has 1 aromatic carbocycles. The molecule has 1 aliphatic rings. The minimum Gasteiger partial charge on any atom is -0.478 e. The fourth-order valence-corrected chi connectivity index (χ4v) is 2.42. The molecule has 22 heavy (non-hydrogen) atoms. The number of carbonyl (C=O) groups is 2. The molecule has 1 aromatic heterocycles. The maximum Gasteiger partial charge on any atom is 0.335 e. The van der Waals surface area contributed by atoms with Crippen LogP contribution in [-0.4, -0.2) is 35.2 Å². The first kappa shape index (κ1) is 14.1. The van der Waals surface area contributed by atoms with Crippen LogP contribution in [0.4, 0.5) is 16.3 Å². The number of rotatable bonds is 3. The molecular formula is C16H15N3O3. The minimum absolute atomic E-state index is 0.164. The normalized spacial score (nSPS) is 14.5. The highest BCUT2D eigenvalue weighted by molar-refractivity contribution is 6.06. The van der Waals surface area contributed by atoms with Gasteiger partial charge in [0.2, 0.25) is 0 Å². The number of benzene rings is 1. The maximum atomic E-state index is 12.5. The molecule has 1 saturated heterocycles. The Labute approximate surface area is 127 Å². The Morgan fingerprint density at radius 2 is 1.95 bits per heavy atom. The van der Waals surface area contributed by atoms with Crippen molar-refractivity contribution < 1.29 is 14.7 Å². The molecule has 112 valence electrons. The Bertz CT molecular complexity index is 728. The van der Waals surface area contributed by atoms with Crippen LogP contribution < -0.4 is 9.80 Å². The van der Waals surface area contributed by atoms with Crippen molar-refractivity contribution in [1.82, 2.24) is 4.98 Å². The third kappa shape index (κ3) is 2.50. The first-order chi connectivity index (χ1) is 10.6. The van der Waals surface area contributed by atoms with Gasteiger partial charge in [-0.05, 0) is 36.8 Å². The topological polar surface area (TPSA) is 73.7 Å². The van der Waals surface area contributed by atoms with Crippen molar-refractivity contribution in [3.8, 4) is 0 Å². The summed E-state index contributed by atoms with van der Waals surface area (Å²) in [7, 11) is 0. The molecule has 2 heterocycles. The highest BCUT2D eigenvalue weighted by atomic mass is 16.4. The van der Waals surface area contributed by atoms with Crippen molar-refractivity contribution in [2.75, 3.05) is 22.9 Å². The number of urea groups is 1. The highest BCUT2D eigenvalue weighted by Crippen LogP contribution is 2.24. The van der Waals surface area contributed by atoms with Gasteiger partial charge in [0.1, 0.15) is 5.82 Å². The van der Waals surface area contributed by atoms with Gasteiger partial charge < -0.3 is 5.11 Å². The van der Waals surface area contributed by atoms with Crippen LogP contribution in [0, 0.1) is 6.92 Å². The molecule has 0 saturated carbocycles. The standard InChI is InChI=1S/C16H15N3O3/c1-11-5-6-14(17-10-11)19-8-7-18(16(19)22)13-4-2-3-12(9-13)15(20)21/h2-6,9-10H,7-8H2,1H3,(H,20,21). The van der Waals surface area contributed by atoms with E-state index in [-0.39, 0.29) is 11.6 Å². The second-order valence-electron chi connectivity index (χ2n) is 5.14. The number of aromatic nitrogens is 1. The van der Waals surface area contributed by atoms with E-state index in [1.165, 1.54) is 12.1 Å². The average Bonchev–Trinajstić information content (AvgIpc) is 2.90. The van der Waals surface area contributed by atoms with E-state index in [1.54, 1.807) is 28.1 Å². The number of hydrogen-bond acceptors (Lipinski definition) is 3. The zero-order valence-corrected chi connectivity index (χ0v) is 12.1. The van der Waals surface area contributed by atoms with Gasteiger partial charge in [-0.2, -0.15) is 0 Å². The maximum absolute atomic E-state index is 12.5. The van der Waals surface area contributed by atoms with E-state index in [9.17, 15) is 9.59 Å². The summed E-state index contributed by atoms with van der Waals surface area (Å²) < 4.78 is 0. The summed E-state index contributed by atoms with van der Waals surface area (Å²) in [5.41, 5.74) is 1.78. The molecule has 0 spiro atoms. The molecule has 2 amide bonds. The van der Waals surface area contributed by atoms with Crippen LogP contribution in [0.2, 0.25) is 0 Å². The Morgan fingerprint density at radius 3 is 2.64 bits per heavy atom. The molecule has 2 aromatic rings. The lowest BCUT2D eigenvalue weighted by Crippen LogP contribution is -2.32.